The van der Waals surface area contributed by atoms with Gasteiger partial charge in [0.1, 0.15) is 0 Å². The Kier molecular flexibility index (Phi) is 4.88. The van der Waals surface area contributed by atoms with E-state index in [1.54, 1.807) is 42.5 Å². The number of hydrogen-bond acceptors (Lipinski definition) is 3. The molecule has 0 saturated carbocycles. The summed E-state index contributed by atoms with van der Waals surface area (Å²) in [5.41, 5.74) is 1.38. The first kappa shape index (κ1) is 15.0. The van der Waals surface area contributed by atoms with Gasteiger partial charge in [0, 0.05) is 16.7 Å². The Hall–Kier alpha value is -2.42. The molecule has 0 aliphatic heterocycles. The van der Waals surface area contributed by atoms with Crippen molar-refractivity contribution in [3.8, 4) is 0 Å². The highest BCUT2D eigenvalue weighted by atomic mass is 16.4. The van der Waals surface area contributed by atoms with E-state index in [0.29, 0.717) is 17.5 Å². The number of unbranched alkanes of at least 4 members (excludes halogenated alkanes) is 1. The van der Waals surface area contributed by atoms with Gasteiger partial charge in [0.25, 0.3) is 0 Å². The summed E-state index contributed by atoms with van der Waals surface area (Å²) in [6, 6.07) is 13.7. The highest BCUT2D eigenvalue weighted by Crippen LogP contribution is 2.20. The number of rotatable bonds is 6. The standard InChI is InChI=1S/C18H18O3/c1-2-3-8-13-11-7-12-15(16(13)18(20)21)17(19)14-9-5-4-6-10-14/h4-7,9-12H,2-3,8H2,1H3,(H,20,21)/p-1. The molecule has 0 spiro atoms. The van der Waals surface area contributed by atoms with E-state index in [0.717, 1.165) is 12.8 Å². The molecule has 0 N–H and O–H groups in total. The maximum absolute atomic E-state index is 12.5. The third-order valence-electron chi connectivity index (χ3n) is 3.44. The molecule has 0 heterocycles. The number of carboxylic acids is 1. The van der Waals surface area contributed by atoms with E-state index in [1.165, 1.54) is 0 Å². The second-order valence-corrected chi connectivity index (χ2v) is 4.93. The Morgan fingerprint density at radius 1 is 1.00 bits per heavy atom. The summed E-state index contributed by atoms with van der Waals surface area (Å²) < 4.78 is 0. The van der Waals surface area contributed by atoms with E-state index in [4.69, 9.17) is 0 Å². The van der Waals surface area contributed by atoms with Gasteiger partial charge in [-0.05, 0) is 18.4 Å². The van der Waals surface area contributed by atoms with Crippen molar-refractivity contribution in [1.29, 1.82) is 0 Å². The number of carboxylic acid groups (broad SMARTS) is 1. The van der Waals surface area contributed by atoms with Crippen molar-refractivity contribution < 1.29 is 14.7 Å². The van der Waals surface area contributed by atoms with Crippen LogP contribution in [0.25, 0.3) is 0 Å². The summed E-state index contributed by atoms with van der Waals surface area (Å²) in [6.45, 7) is 2.04. The first-order valence-electron chi connectivity index (χ1n) is 7.08. The van der Waals surface area contributed by atoms with Crippen LogP contribution in [-0.4, -0.2) is 11.8 Å². The minimum Gasteiger partial charge on any atom is -0.545 e. The summed E-state index contributed by atoms with van der Waals surface area (Å²) in [7, 11) is 0. The third-order valence-corrected chi connectivity index (χ3v) is 3.44. The zero-order chi connectivity index (χ0) is 15.2. The molecule has 0 aliphatic rings. The number of carbonyl (C=O) groups excluding carboxylic acids is 2. The summed E-state index contributed by atoms with van der Waals surface area (Å²) in [6.07, 6.45) is 2.47. The second kappa shape index (κ2) is 6.84. The molecule has 2 aromatic carbocycles. The van der Waals surface area contributed by atoms with Crippen LogP contribution in [-0.2, 0) is 6.42 Å². The highest BCUT2D eigenvalue weighted by Gasteiger charge is 2.16. The Balaban J connectivity index is 2.48. The second-order valence-electron chi connectivity index (χ2n) is 4.93. The van der Waals surface area contributed by atoms with Crippen molar-refractivity contribution in [2.45, 2.75) is 26.2 Å². The van der Waals surface area contributed by atoms with Gasteiger partial charge in [-0.3, -0.25) is 4.79 Å². The van der Waals surface area contributed by atoms with Gasteiger partial charge >= 0.3 is 0 Å². The number of benzene rings is 2. The molecular weight excluding hydrogens is 264 g/mol. The lowest BCUT2D eigenvalue weighted by Crippen LogP contribution is -2.27. The number of ketones is 1. The zero-order valence-corrected chi connectivity index (χ0v) is 12.0. The number of aromatic carboxylic acids is 1. The van der Waals surface area contributed by atoms with Crippen molar-refractivity contribution in [2.24, 2.45) is 0 Å². The molecule has 2 aromatic rings. The molecule has 2 rings (SSSR count). The molecule has 0 aromatic heterocycles. The van der Waals surface area contributed by atoms with Crippen molar-refractivity contribution in [1.82, 2.24) is 0 Å². The fourth-order valence-electron chi connectivity index (χ4n) is 2.35. The molecule has 0 unspecified atom stereocenters. The minimum absolute atomic E-state index is 0.0276. The van der Waals surface area contributed by atoms with Crippen molar-refractivity contribution in [3.05, 3.63) is 70.8 Å². The van der Waals surface area contributed by atoms with Crippen LogP contribution in [0, 0.1) is 0 Å². The molecule has 0 radical (unpaired) electrons. The molecule has 21 heavy (non-hydrogen) atoms. The van der Waals surface area contributed by atoms with Crippen molar-refractivity contribution >= 4 is 11.8 Å². The molecule has 0 fully saturated rings. The van der Waals surface area contributed by atoms with Gasteiger partial charge in [-0.1, -0.05) is 61.9 Å². The van der Waals surface area contributed by atoms with Gasteiger partial charge in [0.15, 0.2) is 5.78 Å². The Labute approximate surface area is 124 Å². The van der Waals surface area contributed by atoms with Gasteiger partial charge in [-0.2, -0.15) is 0 Å². The lowest BCUT2D eigenvalue weighted by Gasteiger charge is -2.15. The van der Waals surface area contributed by atoms with Crippen LogP contribution in [0.1, 0.15) is 51.6 Å². The predicted molar refractivity (Wildman–Crippen MR) is 79.3 cm³/mol. The molecule has 0 amide bonds. The minimum atomic E-state index is -1.29. The van der Waals surface area contributed by atoms with Gasteiger partial charge in [-0.25, -0.2) is 0 Å². The van der Waals surface area contributed by atoms with E-state index >= 15 is 0 Å². The largest absolute Gasteiger partial charge is 0.545 e. The van der Waals surface area contributed by atoms with Crippen molar-refractivity contribution in [2.75, 3.05) is 0 Å². The molecule has 0 bridgehead atoms. The fraction of sp³-hybridized carbons (Fsp3) is 0.222. The fourth-order valence-corrected chi connectivity index (χ4v) is 2.35. The van der Waals surface area contributed by atoms with E-state index in [9.17, 15) is 14.7 Å². The van der Waals surface area contributed by atoms with E-state index in [1.807, 2.05) is 13.0 Å². The van der Waals surface area contributed by atoms with E-state index in [-0.39, 0.29) is 16.9 Å². The Morgan fingerprint density at radius 3 is 2.33 bits per heavy atom. The lowest BCUT2D eigenvalue weighted by molar-refractivity contribution is -0.255. The average molecular weight is 281 g/mol. The molecule has 108 valence electrons. The van der Waals surface area contributed by atoms with Gasteiger partial charge in [-0.15, -0.1) is 0 Å². The topological polar surface area (TPSA) is 57.2 Å². The summed E-state index contributed by atoms with van der Waals surface area (Å²) in [4.78, 5) is 24.0. The Bertz CT molecular complexity index is 645. The van der Waals surface area contributed by atoms with Gasteiger partial charge in [0.05, 0.1) is 5.97 Å². The highest BCUT2D eigenvalue weighted by molar-refractivity contribution is 6.14. The number of carbonyl (C=O) groups is 2. The quantitative estimate of drug-likeness (QED) is 0.765. The van der Waals surface area contributed by atoms with E-state index < -0.39 is 5.97 Å². The average Bonchev–Trinajstić information content (AvgIpc) is 2.52. The van der Waals surface area contributed by atoms with Crippen LogP contribution in [0.5, 0.6) is 0 Å². The molecule has 0 aliphatic carbocycles. The third kappa shape index (κ3) is 3.37. The van der Waals surface area contributed by atoms with Crippen LogP contribution in [0.15, 0.2) is 48.5 Å². The first-order valence-corrected chi connectivity index (χ1v) is 7.08. The number of aryl methyl sites for hydroxylation is 1. The van der Waals surface area contributed by atoms with E-state index in [2.05, 4.69) is 0 Å². The van der Waals surface area contributed by atoms with Crippen LogP contribution < -0.4 is 5.11 Å². The van der Waals surface area contributed by atoms with Gasteiger partial charge < -0.3 is 9.90 Å². The molecular formula is C18H17O3-. The first-order chi connectivity index (χ1) is 10.1. The van der Waals surface area contributed by atoms with Crippen LogP contribution in [0.4, 0.5) is 0 Å². The summed E-state index contributed by atoms with van der Waals surface area (Å²) in [5, 5.41) is 11.5. The monoisotopic (exact) mass is 281 g/mol. The lowest BCUT2D eigenvalue weighted by atomic mass is 9.92. The Morgan fingerprint density at radius 2 is 1.71 bits per heavy atom. The van der Waals surface area contributed by atoms with Crippen LogP contribution in [0.2, 0.25) is 0 Å². The van der Waals surface area contributed by atoms with Crippen LogP contribution in [0.3, 0.4) is 0 Å². The molecule has 3 nitrogen and oxygen atoms in total. The maximum atomic E-state index is 12.5. The smallest absolute Gasteiger partial charge is 0.193 e. The van der Waals surface area contributed by atoms with Crippen molar-refractivity contribution in [3.63, 3.8) is 0 Å². The molecule has 3 heteroatoms. The van der Waals surface area contributed by atoms with Gasteiger partial charge in [0.2, 0.25) is 0 Å². The summed E-state index contributed by atoms with van der Waals surface area (Å²) >= 11 is 0. The summed E-state index contributed by atoms with van der Waals surface area (Å²) in [5.74, 6) is -1.57. The normalized spacial score (nSPS) is 10.3. The predicted octanol–water partition coefficient (Wildman–Crippen LogP) is 2.62. The molecule has 0 saturated heterocycles. The van der Waals surface area contributed by atoms with Crippen LogP contribution >= 0.6 is 0 Å². The molecule has 0 atom stereocenters. The zero-order valence-electron chi connectivity index (χ0n) is 12.0. The SMILES string of the molecule is CCCCc1cccc(C(=O)c2ccccc2)c1C(=O)[O-]. The maximum Gasteiger partial charge on any atom is 0.193 e. The number of hydrogen-bond donors (Lipinski definition) is 0.